The molecule has 0 saturated carbocycles. The number of ether oxygens (including phenoxy) is 4. The molecule has 0 atom stereocenters. The topological polar surface area (TPSA) is 54.0 Å². The molecular formula is C13H24O5. The van der Waals surface area contributed by atoms with Gasteiger partial charge in [-0.15, -0.1) is 0 Å². The fourth-order valence-corrected chi connectivity index (χ4v) is 1.09. The quantitative estimate of drug-likeness (QED) is 0.219. The van der Waals surface area contributed by atoms with Crippen LogP contribution in [0.4, 0.5) is 0 Å². The largest absolute Gasteiger partial charge is 0.460 e. The molecule has 0 bridgehead atoms. The van der Waals surface area contributed by atoms with Gasteiger partial charge in [-0.05, 0) is 19.3 Å². The molecule has 5 heteroatoms. The Morgan fingerprint density at radius 1 is 1.00 bits per heavy atom. The molecule has 0 aliphatic carbocycles. The average Bonchev–Trinajstić information content (AvgIpc) is 2.39. The molecule has 0 aromatic rings. The van der Waals surface area contributed by atoms with Crippen molar-refractivity contribution in [3.63, 3.8) is 0 Å². The van der Waals surface area contributed by atoms with Gasteiger partial charge in [0.1, 0.15) is 13.4 Å². The Labute approximate surface area is 109 Å². The van der Waals surface area contributed by atoms with Crippen molar-refractivity contribution in [2.45, 2.75) is 26.2 Å². The third kappa shape index (κ3) is 13.2. The lowest BCUT2D eigenvalue weighted by Crippen LogP contribution is -2.10. The summed E-state index contributed by atoms with van der Waals surface area (Å²) in [5.41, 5.74) is 0. The fraction of sp³-hybridized carbons (Fsp3) is 0.769. The normalized spacial score (nSPS) is 10.3. The number of esters is 1. The number of hydrogen-bond acceptors (Lipinski definition) is 5. The van der Waals surface area contributed by atoms with Crippen LogP contribution in [0, 0.1) is 0 Å². The van der Waals surface area contributed by atoms with Crippen LogP contribution in [0.1, 0.15) is 26.2 Å². The molecule has 106 valence electrons. The Morgan fingerprint density at radius 3 is 2.33 bits per heavy atom. The van der Waals surface area contributed by atoms with Crippen molar-refractivity contribution in [2.75, 3.05) is 39.8 Å². The molecule has 0 radical (unpaired) electrons. The third-order valence-electron chi connectivity index (χ3n) is 1.98. The van der Waals surface area contributed by atoms with Crippen LogP contribution in [0.25, 0.3) is 0 Å². The second-order valence-electron chi connectivity index (χ2n) is 3.63. The lowest BCUT2D eigenvalue weighted by atomic mass is 10.3. The zero-order chi connectivity index (χ0) is 13.5. The maximum absolute atomic E-state index is 10.7. The van der Waals surface area contributed by atoms with E-state index in [2.05, 4.69) is 13.5 Å². The number of carbonyl (C=O) groups excluding carboxylic acids is 1. The zero-order valence-corrected chi connectivity index (χ0v) is 11.2. The highest BCUT2D eigenvalue weighted by Crippen LogP contribution is 1.93. The minimum absolute atomic E-state index is 0.221. The first-order chi connectivity index (χ1) is 8.81. The van der Waals surface area contributed by atoms with Gasteiger partial charge in [0.05, 0.1) is 6.61 Å². The monoisotopic (exact) mass is 260 g/mol. The predicted molar refractivity (Wildman–Crippen MR) is 68.3 cm³/mol. The first-order valence-electron chi connectivity index (χ1n) is 6.33. The van der Waals surface area contributed by atoms with Crippen molar-refractivity contribution in [3.8, 4) is 0 Å². The van der Waals surface area contributed by atoms with Crippen molar-refractivity contribution < 1.29 is 23.7 Å². The molecule has 0 aromatic heterocycles. The predicted octanol–water partition coefficient (Wildman–Crippen LogP) is 1.91. The summed E-state index contributed by atoms with van der Waals surface area (Å²) < 4.78 is 20.4. The van der Waals surface area contributed by atoms with Crippen molar-refractivity contribution in [1.82, 2.24) is 0 Å². The molecule has 0 aliphatic heterocycles. The SMILES string of the molecule is C=CC(=O)OCCOCOCCCCOCCC. The summed E-state index contributed by atoms with van der Waals surface area (Å²) in [6.45, 7) is 8.42. The summed E-state index contributed by atoms with van der Waals surface area (Å²) in [4.78, 5) is 10.7. The first-order valence-corrected chi connectivity index (χ1v) is 6.33. The highest BCUT2D eigenvalue weighted by molar-refractivity contribution is 5.81. The summed E-state index contributed by atoms with van der Waals surface area (Å²) in [7, 11) is 0. The molecule has 18 heavy (non-hydrogen) atoms. The molecule has 0 aliphatic rings. The Balaban J connectivity index is 2.98. The molecule has 0 rings (SSSR count). The molecule has 0 fully saturated rings. The molecule has 0 heterocycles. The van der Waals surface area contributed by atoms with Crippen molar-refractivity contribution >= 4 is 5.97 Å². The van der Waals surface area contributed by atoms with E-state index in [4.69, 9.17) is 18.9 Å². The van der Waals surface area contributed by atoms with Crippen LogP contribution in [-0.2, 0) is 23.7 Å². The maximum Gasteiger partial charge on any atom is 0.330 e. The van der Waals surface area contributed by atoms with Gasteiger partial charge < -0.3 is 18.9 Å². The Hall–Kier alpha value is -0.910. The Kier molecular flexibility index (Phi) is 13.4. The van der Waals surface area contributed by atoms with Gasteiger partial charge in [-0.2, -0.15) is 0 Å². The van der Waals surface area contributed by atoms with Gasteiger partial charge in [0, 0.05) is 25.9 Å². The van der Waals surface area contributed by atoms with Gasteiger partial charge in [-0.1, -0.05) is 13.5 Å². The zero-order valence-electron chi connectivity index (χ0n) is 11.2. The molecule has 0 amide bonds. The first kappa shape index (κ1) is 17.1. The Bertz CT molecular complexity index is 206. The van der Waals surface area contributed by atoms with Crippen molar-refractivity contribution in [1.29, 1.82) is 0 Å². The van der Waals surface area contributed by atoms with Crippen LogP contribution >= 0.6 is 0 Å². The molecule has 0 unspecified atom stereocenters. The maximum atomic E-state index is 10.7. The number of hydrogen-bond donors (Lipinski definition) is 0. The van der Waals surface area contributed by atoms with Crippen LogP contribution in [0.5, 0.6) is 0 Å². The average molecular weight is 260 g/mol. The number of unbranched alkanes of at least 4 members (excludes halogenated alkanes) is 1. The van der Waals surface area contributed by atoms with Gasteiger partial charge in [-0.3, -0.25) is 0 Å². The summed E-state index contributed by atoms with van der Waals surface area (Å²) in [6, 6.07) is 0. The van der Waals surface area contributed by atoms with E-state index < -0.39 is 5.97 Å². The highest BCUT2D eigenvalue weighted by atomic mass is 16.7. The minimum atomic E-state index is -0.438. The minimum Gasteiger partial charge on any atom is -0.460 e. The van der Waals surface area contributed by atoms with Gasteiger partial charge >= 0.3 is 5.97 Å². The smallest absolute Gasteiger partial charge is 0.330 e. The lowest BCUT2D eigenvalue weighted by Gasteiger charge is -2.06. The van der Waals surface area contributed by atoms with E-state index in [-0.39, 0.29) is 13.4 Å². The van der Waals surface area contributed by atoms with Crippen LogP contribution in [0.15, 0.2) is 12.7 Å². The van der Waals surface area contributed by atoms with E-state index >= 15 is 0 Å². The van der Waals surface area contributed by atoms with Gasteiger partial charge in [-0.25, -0.2) is 4.79 Å². The van der Waals surface area contributed by atoms with Gasteiger partial charge in [0.25, 0.3) is 0 Å². The van der Waals surface area contributed by atoms with E-state index in [1.165, 1.54) is 0 Å². The van der Waals surface area contributed by atoms with Crippen LogP contribution in [0.2, 0.25) is 0 Å². The van der Waals surface area contributed by atoms with Crippen molar-refractivity contribution in [3.05, 3.63) is 12.7 Å². The second kappa shape index (κ2) is 14.2. The molecule has 0 N–H and O–H groups in total. The molecule has 0 aromatic carbocycles. The summed E-state index contributed by atoms with van der Waals surface area (Å²) in [5, 5.41) is 0. The van der Waals surface area contributed by atoms with Crippen LogP contribution in [-0.4, -0.2) is 45.8 Å². The van der Waals surface area contributed by atoms with E-state index in [9.17, 15) is 4.79 Å². The van der Waals surface area contributed by atoms with E-state index in [1.807, 2.05) is 0 Å². The van der Waals surface area contributed by atoms with Gasteiger partial charge in [0.15, 0.2) is 0 Å². The highest BCUT2D eigenvalue weighted by Gasteiger charge is 1.95. The lowest BCUT2D eigenvalue weighted by molar-refractivity contribution is -0.141. The van der Waals surface area contributed by atoms with Gasteiger partial charge in [0.2, 0.25) is 0 Å². The summed E-state index contributed by atoms with van der Waals surface area (Å²) in [6.07, 6.45) is 4.13. The Morgan fingerprint density at radius 2 is 1.67 bits per heavy atom. The van der Waals surface area contributed by atoms with E-state index in [0.717, 1.165) is 38.6 Å². The second-order valence-corrected chi connectivity index (χ2v) is 3.63. The van der Waals surface area contributed by atoms with E-state index in [0.29, 0.717) is 13.2 Å². The van der Waals surface area contributed by atoms with Crippen LogP contribution < -0.4 is 0 Å². The number of rotatable bonds is 13. The third-order valence-corrected chi connectivity index (χ3v) is 1.98. The molecule has 5 nitrogen and oxygen atoms in total. The standard InChI is InChI=1S/C13H24O5/c1-3-7-15-8-5-6-9-16-12-17-10-11-18-13(14)4-2/h4H,2-3,5-12H2,1H3. The molecule has 0 saturated heterocycles. The summed E-state index contributed by atoms with van der Waals surface area (Å²) >= 11 is 0. The molecule has 0 spiro atoms. The van der Waals surface area contributed by atoms with E-state index in [1.54, 1.807) is 0 Å². The van der Waals surface area contributed by atoms with Crippen molar-refractivity contribution in [2.24, 2.45) is 0 Å². The fourth-order valence-electron chi connectivity index (χ4n) is 1.09. The summed E-state index contributed by atoms with van der Waals surface area (Å²) in [5.74, 6) is -0.438. The number of carbonyl (C=O) groups is 1. The van der Waals surface area contributed by atoms with Crippen LogP contribution in [0.3, 0.4) is 0 Å². The molecular weight excluding hydrogens is 236 g/mol.